The fourth-order valence-corrected chi connectivity index (χ4v) is 3.26. The highest BCUT2D eigenvalue weighted by atomic mass is 16.5. The van der Waals surface area contributed by atoms with Crippen LogP contribution in [0, 0.1) is 11.3 Å². The summed E-state index contributed by atoms with van der Waals surface area (Å²) >= 11 is 0. The first kappa shape index (κ1) is 21.0. The van der Waals surface area contributed by atoms with Gasteiger partial charge in [0.1, 0.15) is 11.6 Å². The zero-order valence-corrected chi connectivity index (χ0v) is 18.2. The van der Waals surface area contributed by atoms with Gasteiger partial charge in [-0.3, -0.25) is 19.3 Å². The van der Waals surface area contributed by atoms with E-state index >= 15 is 0 Å². The number of imidazole rings is 1. The molecule has 10 nitrogen and oxygen atoms in total. The molecule has 0 aliphatic heterocycles. The van der Waals surface area contributed by atoms with Crippen molar-refractivity contribution in [2.24, 2.45) is 10.2 Å². The molecule has 2 N–H and O–H groups in total. The fourth-order valence-electron chi connectivity index (χ4n) is 3.26. The van der Waals surface area contributed by atoms with Gasteiger partial charge in [0, 0.05) is 17.2 Å². The lowest BCUT2D eigenvalue weighted by molar-refractivity contribution is 0.323. The topological polar surface area (TPSA) is 137 Å². The summed E-state index contributed by atoms with van der Waals surface area (Å²) in [6.45, 7) is 7.98. The van der Waals surface area contributed by atoms with Crippen molar-refractivity contribution in [3.05, 3.63) is 58.1 Å². The molecular formula is C22H22N8O2. The second kappa shape index (κ2) is 8.11. The zero-order valence-electron chi connectivity index (χ0n) is 18.2. The summed E-state index contributed by atoms with van der Waals surface area (Å²) in [4.78, 5) is 20.0. The third-order valence-corrected chi connectivity index (χ3v) is 4.77. The van der Waals surface area contributed by atoms with E-state index in [-0.39, 0.29) is 28.4 Å². The second-order valence-electron chi connectivity index (χ2n) is 8.09. The molecule has 0 saturated heterocycles. The van der Waals surface area contributed by atoms with E-state index in [4.69, 9.17) is 4.74 Å². The highest BCUT2D eigenvalue weighted by Crippen LogP contribution is 2.32. The number of hydrogen-bond donors (Lipinski definition) is 2. The van der Waals surface area contributed by atoms with E-state index < -0.39 is 5.56 Å². The van der Waals surface area contributed by atoms with Crippen molar-refractivity contribution in [1.82, 2.24) is 24.6 Å². The third-order valence-electron chi connectivity index (χ3n) is 4.77. The third kappa shape index (κ3) is 3.76. The van der Waals surface area contributed by atoms with Crippen molar-refractivity contribution < 1.29 is 4.74 Å². The van der Waals surface area contributed by atoms with Gasteiger partial charge in [0.05, 0.1) is 18.0 Å². The van der Waals surface area contributed by atoms with Gasteiger partial charge in [-0.25, -0.2) is 4.98 Å². The number of nitrogens with one attached hydrogen (secondary N) is 2. The predicted molar refractivity (Wildman–Crippen MR) is 119 cm³/mol. The van der Waals surface area contributed by atoms with Gasteiger partial charge in [-0.05, 0) is 6.92 Å². The number of benzene rings is 1. The second-order valence-corrected chi connectivity index (χ2v) is 8.09. The highest BCUT2D eigenvalue weighted by molar-refractivity contribution is 5.63. The van der Waals surface area contributed by atoms with Gasteiger partial charge in [-0.1, -0.05) is 51.1 Å². The van der Waals surface area contributed by atoms with Gasteiger partial charge in [-0.2, -0.15) is 10.4 Å². The Morgan fingerprint density at radius 1 is 1.22 bits per heavy atom. The van der Waals surface area contributed by atoms with E-state index in [2.05, 4.69) is 36.5 Å². The summed E-state index contributed by atoms with van der Waals surface area (Å²) in [5.74, 6) is 0.633. The largest absolute Gasteiger partial charge is 0.477 e. The summed E-state index contributed by atoms with van der Waals surface area (Å²) in [6.07, 6.45) is 1.76. The molecule has 0 unspecified atom stereocenters. The molecule has 0 aliphatic rings. The van der Waals surface area contributed by atoms with E-state index in [1.807, 2.05) is 51.1 Å². The van der Waals surface area contributed by atoms with Crippen LogP contribution in [0.5, 0.6) is 5.88 Å². The molecule has 0 saturated carbocycles. The van der Waals surface area contributed by atoms with Crippen LogP contribution in [0.15, 0.2) is 51.6 Å². The minimum Gasteiger partial charge on any atom is -0.477 e. The SMILES string of the molecule is CCOc1c(/N=N/c2n[nH]c(C(C)(C)C)c2C#N)c(=O)[nH]c2nc(-c3ccccc3)cn12. The summed E-state index contributed by atoms with van der Waals surface area (Å²) in [5.41, 5.74) is 1.61. The maximum absolute atomic E-state index is 12.8. The molecule has 4 rings (SSSR count). The Bertz CT molecular complexity index is 1400. The van der Waals surface area contributed by atoms with Crippen molar-refractivity contribution in [1.29, 1.82) is 5.26 Å². The zero-order chi connectivity index (χ0) is 22.9. The van der Waals surface area contributed by atoms with Crippen LogP contribution in [0.3, 0.4) is 0 Å². The Balaban J connectivity index is 1.84. The highest BCUT2D eigenvalue weighted by Gasteiger charge is 2.24. The van der Waals surface area contributed by atoms with Crippen LogP contribution in [0.1, 0.15) is 39.0 Å². The number of azo groups is 1. The minimum absolute atomic E-state index is 0.0411. The van der Waals surface area contributed by atoms with Crippen molar-refractivity contribution >= 4 is 17.3 Å². The quantitative estimate of drug-likeness (QED) is 0.452. The first-order chi connectivity index (χ1) is 15.3. The average molecular weight is 430 g/mol. The maximum atomic E-state index is 12.8. The molecule has 0 bridgehead atoms. The van der Waals surface area contributed by atoms with Crippen LogP contribution in [0.4, 0.5) is 11.5 Å². The molecule has 0 radical (unpaired) electrons. The first-order valence-electron chi connectivity index (χ1n) is 10.1. The Kier molecular flexibility index (Phi) is 5.32. The number of nitrogens with zero attached hydrogens (tertiary/aromatic N) is 6. The number of rotatable bonds is 5. The van der Waals surface area contributed by atoms with Crippen LogP contribution in [-0.4, -0.2) is 31.2 Å². The maximum Gasteiger partial charge on any atom is 0.284 e. The van der Waals surface area contributed by atoms with Gasteiger partial charge >= 0.3 is 0 Å². The smallest absolute Gasteiger partial charge is 0.284 e. The Labute approximate surface area is 183 Å². The molecule has 32 heavy (non-hydrogen) atoms. The van der Waals surface area contributed by atoms with E-state index in [1.165, 1.54) is 0 Å². The number of hydrogen-bond acceptors (Lipinski definition) is 7. The monoisotopic (exact) mass is 430 g/mol. The molecular weight excluding hydrogens is 408 g/mol. The number of aromatic amines is 2. The molecule has 0 atom stereocenters. The van der Waals surface area contributed by atoms with E-state index in [0.717, 1.165) is 5.56 Å². The standard InChI is InChI=1S/C22H22N8O2/c1-5-32-20-16(26-28-18-14(11-23)17(27-29-18)22(2,3)4)19(31)25-21-24-15(12-30(20)21)13-9-7-6-8-10-13/h6-10,12H,5H2,1-4H3,(H,27,29)(H,24,25,31)/b28-26+. The van der Waals surface area contributed by atoms with E-state index in [0.29, 0.717) is 23.8 Å². The molecule has 3 heterocycles. The van der Waals surface area contributed by atoms with Crippen LogP contribution >= 0.6 is 0 Å². The lowest BCUT2D eigenvalue weighted by Crippen LogP contribution is -2.13. The molecule has 0 amide bonds. The summed E-state index contributed by atoms with van der Waals surface area (Å²) in [7, 11) is 0. The molecule has 10 heteroatoms. The van der Waals surface area contributed by atoms with Crippen molar-refractivity contribution in [3.8, 4) is 23.2 Å². The predicted octanol–water partition coefficient (Wildman–Crippen LogP) is 4.40. The first-order valence-corrected chi connectivity index (χ1v) is 10.1. The fraction of sp³-hybridized carbons (Fsp3) is 0.273. The number of H-pyrrole nitrogens is 2. The minimum atomic E-state index is -0.514. The Morgan fingerprint density at radius 2 is 1.97 bits per heavy atom. The molecule has 0 aliphatic carbocycles. The molecule has 1 aromatic carbocycles. The van der Waals surface area contributed by atoms with Crippen molar-refractivity contribution in [2.75, 3.05) is 6.61 Å². The number of nitriles is 1. The van der Waals surface area contributed by atoms with Gasteiger partial charge in [0.2, 0.25) is 23.2 Å². The Hall–Kier alpha value is -4.26. The lowest BCUT2D eigenvalue weighted by atomic mass is 9.90. The molecule has 4 aromatic rings. The molecule has 3 aromatic heterocycles. The van der Waals surface area contributed by atoms with Gasteiger partial charge in [0.15, 0.2) is 0 Å². The van der Waals surface area contributed by atoms with Crippen LogP contribution in [-0.2, 0) is 5.41 Å². The van der Waals surface area contributed by atoms with Gasteiger partial charge in [-0.15, -0.1) is 10.2 Å². The normalized spacial score (nSPS) is 11.8. The number of fused-ring (bicyclic) bond motifs is 1. The number of aromatic nitrogens is 5. The lowest BCUT2D eigenvalue weighted by Gasteiger charge is -2.15. The average Bonchev–Trinajstić information content (AvgIpc) is 3.37. The molecule has 162 valence electrons. The summed E-state index contributed by atoms with van der Waals surface area (Å²) in [6, 6.07) is 11.7. The number of ether oxygens (including phenoxy) is 1. The molecule has 0 fully saturated rings. The van der Waals surface area contributed by atoms with E-state index in [9.17, 15) is 10.1 Å². The summed E-state index contributed by atoms with van der Waals surface area (Å²) in [5, 5.41) is 24.7. The van der Waals surface area contributed by atoms with Crippen molar-refractivity contribution in [3.63, 3.8) is 0 Å². The Morgan fingerprint density at radius 3 is 2.62 bits per heavy atom. The van der Waals surface area contributed by atoms with Crippen LogP contribution in [0.2, 0.25) is 0 Å². The van der Waals surface area contributed by atoms with E-state index in [1.54, 1.807) is 17.5 Å². The van der Waals surface area contributed by atoms with Crippen molar-refractivity contribution in [2.45, 2.75) is 33.1 Å². The van der Waals surface area contributed by atoms with Gasteiger partial charge < -0.3 is 4.74 Å². The van der Waals surface area contributed by atoms with Crippen LogP contribution in [0.25, 0.3) is 17.0 Å². The molecule has 0 spiro atoms. The van der Waals surface area contributed by atoms with Gasteiger partial charge in [0.25, 0.3) is 5.56 Å². The summed E-state index contributed by atoms with van der Waals surface area (Å²) < 4.78 is 7.36. The van der Waals surface area contributed by atoms with Crippen LogP contribution < -0.4 is 10.3 Å².